The van der Waals surface area contributed by atoms with E-state index in [1.165, 1.54) is 6.33 Å². The van der Waals surface area contributed by atoms with E-state index < -0.39 is 4.92 Å². The van der Waals surface area contributed by atoms with Crippen LogP contribution in [0, 0.1) is 10.1 Å². The molecule has 0 atom stereocenters. The number of benzene rings is 2. The number of aromatic nitrogens is 2. The molecular weight excluding hydrogens is 430 g/mol. The fourth-order valence-corrected chi connectivity index (χ4v) is 3.07. The summed E-state index contributed by atoms with van der Waals surface area (Å²) < 4.78 is 11.8. The molecule has 4 rings (SSSR count). The minimum atomic E-state index is -0.528. The lowest BCUT2D eigenvalue weighted by Crippen LogP contribution is -2.15. The van der Waals surface area contributed by atoms with Crippen LogP contribution >= 0.6 is 15.9 Å². The second-order valence-electron chi connectivity index (χ2n) is 5.76. The van der Waals surface area contributed by atoms with Gasteiger partial charge in [-0.2, -0.15) is 0 Å². The molecule has 9 nitrogen and oxygen atoms in total. The summed E-state index contributed by atoms with van der Waals surface area (Å²) in [4.78, 5) is 19.3. The van der Waals surface area contributed by atoms with E-state index in [1.54, 1.807) is 24.3 Å². The number of ether oxygens (including phenoxy) is 2. The Kier molecular flexibility index (Phi) is 4.94. The molecule has 1 aliphatic rings. The van der Waals surface area contributed by atoms with Crippen LogP contribution in [-0.2, 0) is 0 Å². The Morgan fingerprint density at radius 3 is 2.46 bits per heavy atom. The Bertz CT molecular complexity index is 1050. The molecule has 0 spiro atoms. The molecule has 142 valence electrons. The minimum absolute atomic E-state index is 0.0613. The molecule has 0 saturated heterocycles. The maximum atomic E-state index is 11.7. The molecule has 0 amide bonds. The molecule has 0 saturated carbocycles. The minimum Gasteiger partial charge on any atom is -0.486 e. The van der Waals surface area contributed by atoms with E-state index >= 15 is 0 Å². The second kappa shape index (κ2) is 7.69. The molecule has 0 radical (unpaired) electrons. The van der Waals surface area contributed by atoms with E-state index in [9.17, 15) is 10.1 Å². The van der Waals surface area contributed by atoms with Gasteiger partial charge in [0.2, 0.25) is 11.6 Å². The van der Waals surface area contributed by atoms with Gasteiger partial charge in [-0.05, 0) is 40.2 Å². The van der Waals surface area contributed by atoms with Crippen LogP contribution in [0.1, 0.15) is 0 Å². The average molecular weight is 444 g/mol. The number of hydrogen-bond donors (Lipinski definition) is 2. The summed E-state index contributed by atoms with van der Waals surface area (Å²) in [6.45, 7) is 0.936. The molecule has 0 aliphatic carbocycles. The Balaban J connectivity index is 1.68. The third kappa shape index (κ3) is 3.67. The first-order chi connectivity index (χ1) is 13.6. The summed E-state index contributed by atoms with van der Waals surface area (Å²) in [5, 5.41) is 17.7. The van der Waals surface area contributed by atoms with Gasteiger partial charge in [0.1, 0.15) is 19.5 Å². The van der Waals surface area contributed by atoms with E-state index in [-0.39, 0.29) is 17.3 Å². The Labute approximate surface area is 168 Å². The van der Waals surface area contributed by atoms with Crippen LogP contribution in [0.25, 0.3) is 0 Å². The van der Waals surface area contributed by atoms with E-state index in [0.29, 0.717) is 36.1 Å². The van der Waals surface area contributed by atoms with Gasteiger partial charge < -0.3 is 20.1 Å². The molecular formula is C18H14BrN5O4. The predicted molar refractivity (Wildman–Crippen MR) is 107 cm³/mol. The molecule has 1 aromatic heterocycles. The van der Waals surface area contributed by atoms with Crippen molar-refractivity contribution in [3.63, 3.8) is 0 Å². The normalized spacial score (nSPS) is 12.3. The number of para-hydroxylation sites is 1. The highest BCUT2D eigenvalue weighted by Gasteiger charge is 2.24. The lowest BCUT2D eigenvalue weighted by atomic mass is 10.2. The van der Waals surface area contributed by atoms with Crippen molar-refractivity contribution in [2.75, 3.05) is 23.8 Å². The summed E-state index contributed by atoms with van der Waals surface area (Å²) in [5.74, 6) is 1.34. The summed E-state index contributed by atoms with van der Waals surface area (Å²) in [7, 11) is 0. The van der Waals surface area contributed by atoms with Crippen LogP contribution in [0.3, 0.4) is 0 Å². The number of anilines is 4. The number of hydrogen-bond acceptors (Lipinski definition) is 8. The number of halogens is 1. The first kappa shape index (κ1) is 18.0. The van der Waals surface area contributed by atoms with Crippen LogP contribution in [0.4, 0.5) is 28.7 Å². The van der Waals surface area contributed by atoms with Gasteiger partial charge in [0.15, 0.2) is 11.5 Å². The van der Waals surface area contributed by atoms with Crippen LogP contribution in [0.15, 0.2) is 53.3 Å². The van der Waals surface area contributed by atoms with Crippen molar-refractivity contribution in [2.24, 2.45) is 0 Å². The topological polar surface area (TPSA) is 111 Å². The Morgan fingerprint density at radius 1 is 1.00 bits per heavy atom. The zero-order chi connectivity index (χ0) is 19.5. The van der Waals surface area contributed by atoms with Crippen molar-refractivity contribution in [3.05, 3.63) is 63.4 Å². The van der Waals surface area contributed by atoms with Crippen molar-refractivity contribution < 1.29 is 14.4 Å². The number of nitrogens with one attached hydrogen (secondary N) is 2. The van der Waals surface area contributed by atoms with Crippen LogP contribution in [0.2, 0.25) is 0 Å². The van der Waals surface area contributed by atoms with Gasteiger partial charge in [-0.15, -0.1) is 0 Å². The van der Waals surface area contributed by atoms with Crippen LogP contribution in [0.5, 0.6) is 11.5 Å². The van der Waals surface area contributed by atoms with Gasteiger partial charge >= 0.3 is 5.69 Å². The monoisotopic (exact) mass is 443 g/mol. The number of fused-ring (bicyclic) bond motifs is 1. The van der Waals surface area contributed by atoms with Gasteiger partial charge in [-0.1, -0.05) is 12.1 Å². The van der Waals surface area contributed by atoms with Crippen molar-refractivity contribution in [1.82, 2.24) is 9.97 Å². The smallest absolute Gasteiger partial charge is 0.353 e. The average Bonchev–Trinajstić information content (AvgIpc) is 2.69. The lowest BCUT2D eigenvalue weighted by Gasteiger charge is -2.19. The molecule has 0 unspecified atom stereocenters. The van der Waals surface area contributed by atoms with Crippen molar-refractivity contribution in [3.8, 4) is 11.5 Å². The summed E-state index contributed by atoms with van der Waals surface area (Å²) in [6.07, 6.45) is 1.26. The van der Waals surface area contributed by atoms with E-state index in [1.807, 2.05) is 18.2 Å². The summed E-state index contributed by atoms with van der Waals surface area (Å²) in [5.41, 5.74) is 0.959. The zero-order valence-corrected chi connectivity index (χ0v) is 16.0. The second-order valence-corrected chi connectivity index (χ2v) is 6.62. The molecule has 2 heterocycles. The molecule has 1 aliphatic heterocycles. The highest BCUT2D eigenvalue weighted by Crippen LogP contribution is 2.37. The standard InChI is InChI=1S/C18H14BrN5O4/c19-12-3-1-2-4-13(12)23-18-16(24(25)26)17(20-10-21-18)22-11-5-6-14-15(9-11)28-8-7-27-14/h1-6,9-10H,7-8H2,(H2,20,21,22,23). The quantitative estimate of drug-likeness (QED) is 0.440. The van der Waals surface area contributed by atoms with Gasteiger partial charge in [0.25, 0.3) is 0 Å². The highest BCUT2D eigenvalue weighted by atomic mass is 79.9. The number of nitro groups is 1. The Morgan fingerprint density at radius 2 is 1.71 bits per heavy atom. The highest BCUT2D eigenvalue weighted by molar-refractivity contribution is 9.10. The molecule has 0 fully saturated rings. The largest absolute Gasteiger partial charge is 0.486 e. The number of nitrogens with zero attached hydrogens (tertiary/aromatic N) is 3. The van der Waals surface area contributed by atoms with E-state index in [4.69, 9.17) is 9.47 Å². The molecule has 0 bridgehead atoms. The van der Waals surface area contributed by atoms with Crippen molar-refractivity contribution >= 4 is 44.6 Å². The molecule has 2 aromatic carbocycles. The summed E-state index contributed by atoms with van der Waals surface area (Å²) >= 11 is 3.41. The predicted octanol–water partition coefficient (Wildman–Crippen LogP) is 4.41. The number of rotatable bonds is 5. The van der Waals surface area contributed by atoms with Gasteiger partial charge in [0, 0.05) is 16.2 Å². The van der Waals surface area contributed by atoms with E-state index in [2.05, 4.69) is 36.5 Å². The maximum absolute atomic E-state index is 11.7. The fraction of sp³-hybridized carbons (Fsp3) is 0.111. The lowest BCUT2D eigenvalue weighted by molar-refractivity contribution is -0.383. The first-order valence-corrected chi connectivity index (χ1v) is 9.09. The third-order valence-electron chi connectivity index (χ3n) is 3.94. The first-order valence-electron chi connectivity index (χ1n) is 8.29. The maximum Gasteiger partial charge on any atom is 0.353 e. The Hall–Kier alpha value is -3.40. The fourth-order valence-electron chi connectivity index (χ4n) is 2.68. The van der Waals surface area contributed by atoms with Gasteiger partial charge in [-0.25, -0.2) is 9.97 Å². The van der Waals surface area contributed by atoms with Gasteiger partial charge in [0.05, 0.1) is 10.6 Å². The third-order valence-corrected chi connectivity index (χ3v) is 4.63. The molecule has 10 heteroatoms. The SMILES string of the molecule is O=[N+]([O-])c1c(Nc2ccc3c(c2)OCCO3)ncnc1Nc1ccccc1Br. The van der Waals surface area contributed by atoms with Crippen molar-refractivity contribution in [2.45, 2.75) is 0 Å². The van der Waals surface area contributed by atoms with Gasteiger partial charge in [-0.3, -0.25) is 10.1 Å². The zero-order valence-electron chi connectivity index (χ0n) is 14.4. The summed E-state index contributed by atoms with van der Waals surface area (Å²) in [6, 6.07) is 12.5. The molecule has 28 heavy (non-hydrogen) atoms. The van der Waals surface area contributed by atoms with Crippen LogP contribution < -0.4 is 20.1 Å². The van der Waals surface area contributed by atoms with Crippen molar-refractivity contribution in [1.29, 1.82) is 0 Å². The molecule has 3 aromatic rings. The van der Waals surface area contributed by atoms with E-state index in [0.717, 1.165) is 4.47 Å². The van der Waals surface area contributed by atoms with Crippen LogP contribution in [-0.4, -0.2) is 28.1 Å². The molecule has 2 N–H and O–H groups in total.